The maximum absolute atomic E-state index is 10.7. The van der Waals surface area contributed by atoms with Gasteiger partial charge in [0.2, 0.25) is 0 Å². The van der Waals surface area contributed by atoms with E-state index in [1.807, 2.05) is 6.26 Å². The molecule has 3 N–H and O–H groups in total. The fourth-order valence-electron chi connectivity index (χ4n) is 0.741. The van der Waals surface area contributed by atoms with Crippen molar-refractivity contribution in [1.29, 1.82) is 0 Å². The van der Waals surface area contributed by atoms with E-state index < -0.39 is 18.1 Å². The highest BCUT2D eigenvalue weighted by atomic mass is 32.2. The van der Waals surface area contributed by atoms with Crippen LogP contribution in [0.15, 0.2) is 23.4 Å². The summed E-state index contributed by atoms with van der Waals surface area (Å²) in [5.74, 6) is -3.19. The van der Waals surface area contributed by atoms with Gasteiger partial charge in [-0.3, -0.25) is 4.79 Å². The van der Waals surface area contributed by atoms with Gasteiger partial charge in [0, 0.05) is 6.20 Å². The Bertz CT molecular complexity index is 437. The Hall–Kier alpha value is -1.77. The lowest BCUT2D eigenvalue weighted by Crippen LogP contribution is -2.21. The second kappa shape index (κ2) is 6.84. The number of hydrogen-bond donors (Lipinski definition) is 2. The molecule has 0 saturated carbocycles. The highest BCUT2D eigenvalue weighted by Gasteiger charge is 2.38. The van der Waals surface area contributed by atoms with Crippen LogP contribution in [0, 0.1) is 0 Å². The Morgan fingerprint density at radius 3 is 2.22 bits per heavy atom. The van der Waals surface area contributed by atoms with Gasteiger partial charge in [-0.25, -0.2) is 9.78 Å². The summed E-state index contributed by atoms with van der Waals surface area (Å²) >= 11 is 1.41. The quantitative estimate of drug-likeness (QED) is 0.802. The number of aromatic nitrogens is 1. The molecule has 5 nitrogen and oxygen atoms in total. The average Bonchev–Trinajstić information content (AvgIpc) is 2.28. The first-order valence-corrected chi connectivity index (χ1v) is 5.51. The lowest BCUT2D eigenvalue weighted by molar-refractivity contribution is -0.192. The number of carbonyl (C=O) groups is 2. The molecule has 0 fully saturated rings. The van der Waals surface area contributed by atoms with E-state index in [4.69, 9.17) is 15.6 Å². The standard InChI is InChI=1S/C7H8N2OS.C2HF3O2/c1-11-7-5(6(8)10)3-2-4-9-7;3-2(4,5)1(6)7/h2-4H,1H3,(H2,8,10);(H,6,7). The first-order valence-electron chi connectivity index (χ1n) is 4.29. The van der Waals surface area contributed by atoms with Crippen molar-refractivity contribution in [2.24, 2.45) is 5.73 Å². The second-order valence-corrected chi connectivity index (χ2v) is 3.52. The Kier molecular flexibility index (Phi) is 6.17. The highest BCUT2D eigenvalue weighted by molar-refractivity contribution is 7.98. The first-order chi connectivity index (χ1) is 8.20. The highest BCUT2D eigenvalue weighted by Crippen LogP contribution is 2.15. The average molecular weight is 282 g/mol. The summed E-state index contributed by atoms with van der Waals surface area (Å²) in [5.41, 5.74) is 5.58. The number of thioether (sulfide) groups is 1. The van der Waals surface area contributed by atoms with Gasteiger partial charge in [0.25, 0.3) is 5.91 Å². The van der Waals surface area contributed by atoms with Crippen molar-refractivity contribution < 1.29 is 27.9 Å². The number of carbonyl (C=O) groups excluding carboxylic acids is 1. The number of carboxylic acid groups (broad SMARTS) is 1. The molecule has 1 aromatic heterocycles. The van der Waals surface area contributed by atoms with Crippen LogP contribution in [0.1, 0.15) is 10.4 Å². The molecule has 1 aromatic rings. The largest absolute Gasteiger partial charge is 0.490 e. The number of nitrogens with zero attached hydrogens (tertiary/aromatic N) is 1. The van der Waals surface area contributed by atoms with Gasteiger partial charge in [0.15, 0.2) is 0 Å². The van der Waals surface area contributed by atoms with E-state index in [1.165, 1.54) is 11.8 Å². The van der Waals surface area contributed by atoms with Gasteiger partial charge in [0.05, 0.1) is 5.56 Å². The van der Waals surface area contributed by atoms with Crippen LogP contribution in [-0.2, 0) is 4.79 Å². The molecule has 0 aliphatic carbocycles. The summed E-state index contributed by atoms with van der Waals surface area (Å²) in [4.78, 5) is 23.6. The number of amides is 1. The number of primary amides is 1. The summed E-state index contributed by atoms with van der Waals surface area (Å²) in [5, 5.41) is 7.81. The fourth-order valence-corrected chi connectivity index (χ4v) is 1.30. The predicted molar refractivity (Wildman–Crippen MR) is 58.2 cm³/mol. The van der Waals surface area contributed by atoms with Crippen LogP contribution in [0.2, 0.25) is 0 Å². The lowest BCUT2D eigenvalue weighted by Gasteiger charge is -1.99. The third kappa shape index (κ3) is 5.53. The molecule has 18 heavy (non-hydrogen) atoms. The van der Waals surface area contributed by atoms with Gasteiger partial charge in [-0.15, -0.1) is 11.8 Å². The molecular formula is C9H9F3N2O3S. The molecule has 0 unspecified atom stereocenters. The first kappa shape index (κ1) is 16.2. The number of aliphatic carboxylic acids is 1. The fraction of sp³-hybridized carbons (Fsp3) is 0.222. The van der Waals surface area contributed by atoms with Crippen LogP contribution in [0.25, 0.3) is 0 Å². The van der Waals surface area contributed by atoms with E-state index in [2.05, 4.69) is 4.98 Å². The minimum absolute atomic E-state index is 0.428. The zero-order chi connectivity index (χ0) is 14.3. The minimum Gasteiger partial charge on any atom is -0.475 e. The summed E-state index contributed by atoms with van der Waals surface area (Å²) < 4.78 is 31.7. The van der Waals surface area contributed by atoms with E-state index >= 15 is 0 Å². The Morgan fingerprint density at radius 2 is 1.94 bits per heavy atom. The molecule has 1 rings (SSSR count). The van der Waals surface area contributed by atoms with Crippen molar-refractivity contribution in [2.45, 2.75) is 11.2 Å². The zero-order valence-corrected chi connectivity index (χ0v) is 9.88. The Balaban J connectivity index is 0.000000360. The van der Waals surface area contributed by atoms with E-state index in [0.717, 1.165) is 0 Å². The van der Waals surface area contributed by atoms with Gasteiger partial charge < -0.3 is 10.8 Å². The topological polar surface area (TPSA) is 93.3 Å². The third-order valence-corrected chi connectivity index (χ3v) is 2.18. The summed E-state index contributed by atoms with van der Waals surface area (Å²) in [6, 6.07) is 3.36. The van der Waals surface area contributed by atoms with Gasteiger partial charge in [0.1, 0.15) is 5.03 Å². The molecule has 0 aliphatic heterocycles. The molecule has 100 valence electrons. The van der Waals surface area contributed by atoms with E-state index in [1.54, 1.807) is 18.3 Å². The lowest BCUT2D eigenvalue weighted by atomic mass is 10.3. The van der Waals surface area contributed by atoms with Crippen LogP contribution in [0.5, 0.6) is 0 Å². The van der Waals surface area contributed by atoms with Crippen LogP contribution in [0.3, 0.4) is 0 Å². The van der Waals surface area contributed by atoms with Crippen molar-refractivity contribution in [3.05, 3.63) is 23.9 Å². The number of pyridine rings is 1. The van der Waals surface area contributed by atoms with E-state index in [9.17, 15) is 18.0 Å². The van der Waals surface area contributed by atoms with E-state index in [-0.39, 0.29) is 0 Å². The zero-order valence-electron chi connectivity index (χ0n) is 9.06. The second-order valence-electron chi connectivity index (χ2n) is 2.73. The molecule has 0 aromatic carbocycles. The van der Waals surface area contributed by atoms with Crippen LogP contribution in [0.4, 0.5) is 13.2 Å². The normalized spacial score (nSPS) is 10.2. The van der Waals surface area contributed by atoms with Crippen molar-refractivity contribution in [3.63, 3.8) is 0 Å². The molecular weight excluding hydrogens is 273 g/mol. The van der Waals surface area contributed by atoms with Crippen LogP contribution >= 0.6 is 11.8 Å². The predicted octanol–water partition coefficient (Wildman–Crippen LogP) is 1.54. The summed E-state index contributed by atoms with van der Waals surface area (Å²) in [6.45, 7) is 0. The molecule has 0 saturated heterocycles. The molecule has 1 heterocycles. The van der Waals surface area contributed by atoms with Crippen LogP contribution in [-0.4, -0.2) is 34.4 Å². The van der Waals surface area contributed by atoms with E-state index in [0.29, 0.717) is 10.6 Å². The van der Waals surface area contributed by atoms with Crippen molar-refractivity contribution >= 4 is 23.6 Å². The van der Waals surface area contributed by atoms with Crippen molar-refractivity contribution in [3.8, 4) is 0 Å². The maximum atomic E-state index is 10.7. The summed E-state index contributed by atoms with van der Waals surface area (Å²) in [7, 11) is 0. The Morgan fingerprint density at radius 1 is 1.44 bits per heavy atom. The van der Waals surface area contributed by atoms with Crippen molar-refractivity contribution in [2.75, 3.05) is 6.26 Å². The number of halogens is 3. The van der Waals surface area contributed by atoms with Gasteiger partial charge in [-0.1, -0.05) is 0 Å². The van der Waals surface area contributed by atoms with Crippen LogP contribution < -0.4 is 5.73 Å². The minimum atomic E-state index is -5.08. The molecule has 0 aliphatic rings. The number of hydrogen-bond acceptors (Lipinski definition) is 4. The SMILES string of the molecule is CSc1ncccc1C(N)=O.O=C(O)C(F)(F)F. The molecule has 0 radical (unpaired) electrons. The Labute approximate surface area is 104 Å². The number of alkyl halides is 3. The maximum Gasteiger partial charge on any atom is 0.490 e. The van der Waals surface area contributed by atoms with Gasteiger partial charge in [-0.05, 0) is 18.4 Å². The number of carboxylic acids is 1. The third-order valence-electron chi connectivity index (χ3n) is 1.47. The molecule has 1 amide bonds. The molecule has 9 heteroatoms. The van der Waals surface area contributed by atoms with Crippen molar-refractivity contribution in [1.82, 2.24) is 4.98 Å². The molecule has 0 bridgehead atoms. The number of rotatable bonds is 2. The van der Waals surface area contributed by atoms with Gasteiger partial charge in [-0.2, -0.15) is 13.2 Å². The number of nitrogens with two attached hydrogens (primary N) is 1. The molecule has 0 spiro atoms. The van der Waals surface area contributed by atoms with Gasteiger partial charge >= 0.3 is 12.1 Å². The smallest absolute Gasteiger partial charge is 0.475 e. The monoisotopic (exact) mass is 282 g/mol. The summed E-state index contributed by atoms with van der Waals surface area (Å²) in [6.07, 6.45) is -1.59. The molecule has 0 atom stereocenters.